The van der Waals surface area contributed by atoms with E-state index in [0.717, 1.165) is 17.7 Å². The Kier molecular flexibility index (Phi) is 4.97. The highest BCUT2D eigenvalue weighted by Crippen LogP contribution is 2.21. The van der Waals surface area contributed by atoms with E-state index in [4.69, 9.17) is 11.6 Å². The van der Waals surface area contributed by atoms with Crippen LogP contribution in [0, 0.1) is 5.92 Å². The average molecular weight is 304 g/mol. The van der Waals surface area contributed by atoms with Gasteiger partial charge in [-0.2, -0.15) is 0 Å². The van der Waals surface area contributed by atoms with Gasteiger partial charge in [-0.25, -0.2) is 0 Å². The number of halogens is 1. The minimum absolute atomic E-state index is 0.191. The van der Waals surface area contributed by atoms with E-state index in [1.807, 2.05) is 18.2 Å². The second-order valence-corrected chi connectivity index (χ2v) is 5.87. The minimum Gasteiger partial charge on any atom is -0.308 e. The summed E-state index contributed by atoms with van der Waals surface area (Å²) in [5.74, 6) is 0.481. The molecule has 0 spiro atoms. The van der Waals surface area contributed by atoms with Crippen molar-refractivity contribution in [2.75, 3.05) is 0 Å². The van der Waals surface area contributed by atoms with Crippen molar-refractivity contribution >= 4 is 17.9 Å². The zero-order valence-corrected chi connectivity index (χ0v) is 12.9. The van der Waals surface area contributed by atoms with Gasteiger partial charge in [-0.05, 0) is 42.2 Å². The molecule has 0 aliphatic carbocycles. The van der Waals surface area contributed by atoms with Crippen LogP contribution in [0.15, 0.2) is 41.2 Å². The van der Waals surface area contributed by atoms with Crippen LogP contribution in [-0.4, -0.2) is 10.9 Å². The summed E-state index contributed by atoms with van der Waals surface area (Å²) in [7, 11) is 0. The number of rotatable bonds is 5. The van der Waals surface area contributed by atoms with E-state index >= 15 is 0 Å². The fraction of sp³-hybridized carbons (Fsp3) is 0.294. The molecule has 0 radical (unpaired) electrons. The summed E-state index contributed by atoms with van der Waals surface area (Å²) in [5, 5.41) is 0.652. The van der Waals surface area contributed by atoms with Gasteiger partial charge in [0.25, 0.3) is 5.56 Å². The molecule has 1 aromatic heterocycles. The number of benzene rings is 1. The van der Waals surface area contributed by atoms with Crippen LogP contribution in [0.4, 0.5) is 0 Å². The highest BCUT2D eigenvalue weighted by atomic mass is 35.5. The van der Waals surface area contributed by atoms with E-state index in [1.165, 1.54) is 0 Å². The van der Waals surface area contributed by atoms with Crippen LogP contribution >= 0.6 is 11.6 Å². The zero-order chi connectivity index (χ0) is 15.4. The molecule has 0 saturated carbocycles. The van der Waals surface area contributed by atoms with Gasteiger partial charge in [-0.1, -0.05) is 37.6 Å². The average Bonchev–Trinajstić information content (AvgIpc) is 2.46. The molecule has 0 fully saturated rings. The molecular weight excluding hydrogens is 286 g/mol. The molecule has 1 aromatic carbocycles. The highest BCUT2D eigenvalue weighted by molar-refractivity contribution is 6.30. The van der Waals surface area contributed by atoms with Crippen molar-refractivity contribution in [3.63, 3.8) is 0 Å². The molecule has 1 heterocycles. The molecule has 110 valence electrons. The predicted molar refractivity (Wildman–Crippen MR) is 86.0 cm³/mol. The van der Waals surface area contributed by atoms with Gasteiger partial charge >= 0.3 is 0 Å². The second kappa shape index (κ2) is 6.72. The lowest BCUT2D eigenvalue weighted by Crippen LogP contribution is -2.25. The molecule has 0 N–H and O–H groups in total. The molecule has 2 aromatic rings. The Morgan fingerprint density at radius 3 is 2.38 bits per heavy atom. The summed E-state index contributed by atoms with van der Waals surface area (Å²) in [6.07, 6.45) is 1.49. The maximum atomic E-state index is 12.4. The van der Waals surface area contributed by atoms with Crippen molar-refractivity contribution < 1.29 is 4.79 Å². The van der Waals surface area contributed by atoms with E-state index in [2.05, 4.69) is 13.8 Å². The lowest BCUT2D eigenvalue weighted by molar-refractivity contribution is 0.112. The lowest BCUT2D eigenvalue weighted by atomic mass is 10.1. The molecule has 2 rings (SSSR count). The van der Waals surface area contributed by atoms with Gasteiger partial charge < -0.3 is 4.57 Å². The van der Waals surface area contributed by atoms with Crippen molar-refractivity contribution in [3.05, 3.63) is 57.3 Å². The van der Waals surface area contributed by atoms with E-state index in [9.17, 15) is 9.59 Å². The van der Waals surface area contributed by atoms with Crippen molar-refractivity contribution in [2.45, 2.75) is 26.8 Å². The van der Waals surface area contributed by atoms with Crippen LogP contribution in [0.25, 0.3) is 11.3 Å². The molecule has 0 aliphatic rings. The van der Waals surface area contributed by atoms with Crippen LogP contribution in [-0.2, 0) is 6.54 Å². The van der Waals surface area contributed by atoms with E-state index in [-0.39, 0.29) is 11.1 Å². The first kappa shape index (κ1) is 15.5. The van der Waals surface area contributed by atoms with Crippen molar-refractivity contribution in [3.8, 4) is 11.3 Å². The number of pyridine rings is 1. The lowest BCUT2D eigenvalue weighted by Gasteiger charge is -2.15. The normalized spacial score (nSPS) is 10.9. The van der Waals surface area contributed by atoms with Crippen LogP contribution < -0.4 is 5.56 Å². The monoisotopic (exact) mass is 303 g/mol. The van der Waals surface area contributed by atoms with E-state index in [1.54, 1.807) is 22.8 Å². The number of nitrogens with zero attached hydrogens (tertiary/aromatic N) is 1. The van der Waals surface area contributed by atoms with Crippen LogP contribution in [0.5, 0.6) is 0 Å². The van der Waals surface area contributed by atoms with Crippen molar-refractivity contribution in [2.24, 2.45) is 5.92 Å². The van der Waals surface area contributed by atoms with Gasteiger partial charge in [0.15, 0.2) is 6.29 Å². The number of aromatic nitrogens is 1. The molecule has 0 atom stereocenters. The summed E-state index contributed by atoms with van der Waals surface area (Å²) in [6, 6.07) is 10.7. The van der Waals surface area contributed by atoms with Gasteiger partial charge in [0.2, 0.25) is 0 Å². The fourth-order valence-electron chi connectivity index (χ4n) is 2.17. The first-order chi connectivity index (χ1) is 10.0. The quantitative estimate of drug-likeness (QED) is 0.782. The molecule has 0 amide bonds. The summed E-state index contributed by atoms with van der Waals surface area (Å²) in [5.41, 5.74) is 1.68. The Balaban J connectivity index is 2.53. The number of hydrogen-bond donors (Lipinski definition) is 0. The number of aldehydes is 1. The van der Waals surface area contributed by atoms with Crippen LogP contribution in [0.2, 0.25) is 5.02 Å². The van der Waals surface area contributed by atoms with Gasteiger partial charge in [-0.3, -0.25) is 9.59 Å². The molecule has 0 saturated heterocycles. The van der Waals surface area contributed by atoms with Crippen LogP contribution in [0.3, 0.4) is 0 Å². The maximum absolute atomic E-state index is 12.4. The Bertz CT molecular complexity index is 687. The summed E-state index contributed by atoms with van der Waals surface area (Å²) in [6.45, 7) is 4.81. The van der Waals surface area contributed by atoms with Gasteiger partial charge in [0.05, 0.1) is 11.3 Å². The maximum Gasteiger partial charge on any atom is 0.261 e. The Morgan fingerprint density at radius 2 is 1.81 bits per heavy atom. The standard InChI is InChI=1S/C17H18ClNO2/c1-12(2)9-10-19-16(8-5-14(11-20)17(19)21)13-3-6-15(18)7-4-13/h3-8,11-12H,9-10H2,1-2H3. The first-order valence-corrected chi connectivity index (χ1v) is 7.35. The summed E-state index contributed by atoms with van der Waals surface area (Å²) < 4.78 is 1.67. The van der Waals surface area contributed by atoms with E-state index in [0.29, 0.717) is 23.8 Å². The van der Waals surface area contributed by atoms with Crippen molar-refractivity contribution in [1.82, 2.24) is 4.57 Å². The number of carbonyl (C=O) groups is 1. The molecular formula is C17H18ClNO2. The van der Waals surface area contributed by atoms with E-state index < -0.39 is 0 Å². The minimum atomic E-state index is -0.238. The van der Waals surface area contributed by atoms with Gasteiger partial charge in [-0.15, -0.1) is 0 Å². The molecule has 3 nitrogen and oxygen atoms in total. The molecule has 21 heavy (non-hydrogen) atoms. The molecule has 0 unspecified atom stereocenters. The second-order valence-electron chi connectivity index (χ2n) is 5.44. The highest BCUT2D eigenvalue weighted by Gasteiger charge is 2.10. The summed E-state index contributed by atoms with van der Waals surface area (Å²) in [4.78, 5) is 23.4. The van der Waals surface area contributed by atoms with Crippen molar-refractivity contribution in [1.29, 1.82) is 0 Å². The van der Waals surface area contributed by atoms with Gasteiger partial charge in [0.1, 0.15) is 0 Å². The third-order valence-electron chi connectivity index (χ3n) is 3.40. The topological polar surface area (TPSA) is 39.1 Å². The molecule has 0 aliphatic heterocycles. The fourth-order valence-corrected chi connectivity index (χ4v) is 2.29. The molecule has 4 heteroatoms. The Labute approximate surface area is 129 Å². The zero-order valence-electron chi connectivity index (χ0n) is 12.2. The molecule has 0 bridgehead atoms. The summed E-state index contributed by atoms with van der Waals surface area (Å²) >= 11 is 5.91. The Hall–Kier alpha value is -1.87. The van der Waals surface area contributed by atoms with Crippen LogP contribution in [0.1, 0.15) is 30.6 Å². The number of carbonyl (C=O) groups excluding carboxylic acids is 1. The SMILES string of the molecule is CC(C)CCn1c(-c2ccc(Cl)cc2)ccc(C=O)c1=O. The predicted octanol–water partition coefficient (Wildman–Crippen LogP) is 4.03. The first-order valence-electron chi connectivity index (χ1n) is 6.98. The smallest absolute Gasteiger partial charge is 0.261 e. The van der Waals surface area contributed by atoms with Gasteiger partial charge in [0, 0.05) is 11.6 Å². The third-order valence-corrected chi connectivity index (χ3v) is 3.65. The largest absolute Gasteiger partial charge is 0.308 e. The third kappa shape index (κ3) is 3.61. The number of hydrogen-bond acceptors (Lipinski definition) is 2. The Morgan fingerprint density at radius 1 is 1.14 bits per heavy atom.